The Balaban J connectivity index is 2.51. The lowest BCUT2D eigenvalue weighted by Crippen LogP contribution is -2.17. The molecule has 0 saturated carbocycles. The van der Waals surface area contributed by atoms with Gasteiger partial charge in [0.2, 0.25) is 5.91 Å². The van der Waals surface area contributed by atoms with E-state index in [1.807, 2.05) is 30.3 Å². The fourth-order valence-corrected chi connectivity index (χ4v) is 0.963. The predicted octanol–water partition coefficient (Wildman–Crippen LogP) is 2.06. The fourth-order valence-electron chi connectivity index (χ4n) is 0.963. The molecule has 14 heavy (non-hydrogen) atoms. The van der Waals surface area contributed by atoms with E-state index in [1.165, 1.54) is 13.2 Å². The third-order valence-corrected chi connectivity index (χ3v) is 1.49. The Kier molecular flexibility index (Phi) is 3.73. The van der Waals surface area contributed by atoms with Crippen LogP contribution in [0.5, 0.6) is 5.75 Å². The van der Waals surface area contributed by atoms with Crippen LogP contribution in [0.1, 0.15) is 13.8 Å². The molecule has 0 spiro atoms. The molecule has 1 aromatic rings. The summed E-state index contributed by atoms with van der Waals surface area (Å²) in [6, 6.07) is 9.38. The van der Waals surface area contributed by atoms with Crippen LogP contribution in [0.25, 0.3) is 0 Å². The molecule has 0 aliphatic rings. The summed E-state index contributed by atoms with van der Waals surface area (Å²) >= 11 is 0. The van der Waals surface area contributed by atoms with Crippen LogP contribution in [0.3, 0.4) is 0 Å². The van der Waals surface area contributed by atoms with E-state index >= 15 is 0 Å². The lowest BCUT2D eigenvalue weighted by molar-refractivity contribution is -0.118. The van der Waals surface area contributed by atoms with Gasteiger partial charge in [-0.3, -0.25) is 4.79 Å². The van der Waals surface area contributed by atoms with Gasteiger partial charge in [-0.05, 0) is 19.1 Å². The Morgan fingerprint density at radius 2 is 1.93 bits per heavy atom. The third kappa shape index (κ3) is 3.76. The highest BCUT2D eigenvalue weighted by molar-refractivity contribution is 5.74. The van der Waals surface area contributed by atoms with E-state index in [9.17, 15) is 4.79 Å². The van der Waals surface area contributed by atoms with Crippen LogP contribution in [0.15, 0.2) is 42.3 Å². The van der Waals surface area contributed by atoms with Crippen molar-refractivity contribution in [1.82, 2.24) is 5.32 Å². The van der Waals surface area contributed by atoms with Gasteiger partial charge < -0.3 is 10.1 Å². The number of rotatable bonds is 3. The number of amides is 1. The minimum absolute atomic E-state index is 0.101. The van der Waals surface area contributed by atoms with E-state index in [4.69, 9.17) is 4.74 Å². The first-order valence-electron chi connectivity index (χ1n) is 4.34. The zero-order valence-electron chi connectivity index (χ0n) is 8.28. The highest BCUT2D eigenvalue weighted by atomic mass is 16.5. The molecule has 0 bridgehead atoms. The second-order valence-electron chi connectivity index (χ2n) is 2.91. The molecule has 0 aliphatic heterocycles. The van der Waals surface area contributed by atoms with Crippen molar-refractivity contribution in [2.75, 3.05) is 0 Å². The average molecular weight is 191 g/mol. The zero-order chi connectivity index (χ0) is 10.4. The van der Waals surface area contributed by atoms with Crippen molar-refractivity contribution in [2.45, 2.75) is 13.8 Å². The Hall–Kier alpha value is -1.77. The molecule has 0 fully saturated rings. The van der Waals surface area contributed by atoms with Crippen LogP contribution in [-0.4, -0.2) is 5.91 Å². The Morgan fingerprint density at radius 1 is 1.29 bits per heavy atom. The van der Waals surface area contributed by atoms with E-state index in [-0.39, 0.29) is 5.91 Å². The van der Waals surface area contributed by atoms with Crippen LogP contribution in [-0.2, 0) is 4.79 Å². The number of para-hydroxylation sites is 1. The van der Waals surface area contributed by atoms with Crippen molar-refractivity contribution in [2.24, 2.45) is 0 Å². The lowest BCUT2D eigenvalue weighted by atomic mass is 10.3. The molecule has 0 heterocycles. The molecule has 1 N–H and O–H groups in total. The van der Waals surface area contributed by atoms with Gasteiger partial charge >= 0.3 is 0 Å². The molecular formula is C11H13NO2. The minimum atomic E-state index is -0.101. The van der Waals surface area contributed by atoms with E-state index < -0.39 is 0 Å². The summed E-state index contributed by atoms with van der Waals surface area (Å²) in [5, 5.41) is 2.61. The van der Waals surface area contributed by atoms with Gasteiger partial charge in [0, 0.05) is 12.6 Å². The van der Waals surface area contributed by atoms with Gasteiger partial charge in [-0.1, -0.05) is 18.2 Å². The summed E-state index contributed by atoms with van der Waals surface area (Å²) in [5.74, 6) is 0.646. The van der Waals surface area contributed by atoms with Gasteiger partial charge in [0.25, 0.3) is 0 Å². The third-order valence-electron chi connectivity index (χ3n) is 1.49. The monoisotopic (exact) mass is 191 g/mol. The van der Waals surface area contributed by atoms with E-state index in [1.54, 1.807) is 6.92 Å². The maximum atomic E-state index is 10.7. The van der Waals surface area contributed by atoms with Crippen molar-refractivity contribution >= 4 is 5.91 Å². The van der Waals surface area contributed by atoms with Crippen LogP contribution in [0.2, 0.25) is 0 Å². The molecule has 3 heteroatoms. The van der Waals surface area contributed by atoms with E-state index in [2.05, 4.69) is 5.32 Å². The van der Waals surface area contributed by atoms with E-state index in [0.717, 1.165) is 5.75 Å². The topological polar surface area (TPSA) is 38.3 Å². The molecule has 1 aromatic carbocycles. The van der Waals surface area contributed by atoms with Crippen molar-refractivity contribution in [3.63, 3.8) is 0 Å². The first-order chi connectivity index (χ1) is 6.68. The van der Waals surface area contributed by atoms with Crippen molar-refractivity contribution in [3.8, 4) is 5.75 Å². The normalized spacial score (nSPS) is 10.9. The van der Waals surface area contributed by atoms with Crippen LogP contribution >= 0.6 is 0 Å². The Morgan fingerprint density at radius 3 is 2.50 bits per heavy atom. The summed E-state index contributed by atoms with van der Waals surface area (Å²) in [5.41, 5.74) is 0.682. The number of ether oxygens (including phenoxy) is 1. The molecule has 0 aromatic heterocycles. The second-order valence-corrected chi connectivity index (χ2v) is 2.91. The SMILES string of the molecule is CC(=O)N/C(C)=C\Oc1ccccc1. The number of allylic oxidation sites excluding steroid dienone is 1. The molecule has 0 aliphatic carbocycles. The standard InChI is InChI=1S/C11H13NO2/c1-9(12-10(2)13)8-14-11-6-4-3-5-7-11/h3-8H,1-2H3,(H,12,13)/b9-8-. The molecule has 74 valence electrons. The van der Waals surface area contributed by atoms with Crippen molar-refractivity contribution < 1.29 is 9.53 Å². The summed E-state index contributed by atoms with van der Waals surface area (Å²) < 4.78 is 5.29. The molecule has 3 nitrogen and oxygen atoms in total. The van der Waals surface area contributed by atoms with Crippen LogP contribution in [0, 0.1) is 0 Å². The first kappa shape index (κ1) is 10.3. The quantitative estimate of drug-likeness (QED) is 0.743. The van der Waals surface area contributed by atoms with Gasteiger partial charge in [-0.25, -0.2) is 0 Å². The largest absolute Gasteiger partial charge is 0.463 e. The maximum absolute atomic E-state index is 10.7. The van der Waals surface area contributed by atoms with Crippen LogP contribution in [0.4, 0.5) is 0 Å². The summed E-state index contributed by atoms with van der Waals surface area (Å²) in [4.78, 5) is 10.7. The van der Waals surface area contributed by atoms with Crippen molar-refractivity contribution in [3.05, 3.63) is 42.3 Å². The fraction of sp³-hybridized carbons (Fsp3) is 0.182. The average Bonchev–Trinajstić information content (AvgIpc) is 2.15. The highest BCUT2D eigenvalue weighted by Crippen LogP contribution is 2.08. The molecule has 0 radical (unpaired) electrons. The Bertz CT molecular complexity index is 330. The minimum Gasteiger partial charge on any atom is -0.463 e. The predicted molar refractivity (Wildman–Crippen MR) is 54.6 cm³/mol. The molecule has 0 saturated heterocycles. The zero-order valence-corrected chi connectivity index (χ0v) is 8.28. The molecule has 0 atom stereocenters. The smallest absolute Gasteiger partial charge is 0.221 e. The molecule has 1 rings (SSSR count). The van der Waals surface area contributed by atoms with Crippen molar-refractivity contribution in [1.29, 1.82) is 0 Å². The lowest BCUT2D eigenvalue weighted by Gasteiger charge is -2.03. The van der Waals surface area contributed by atoms with Gasteiger partial charge in [-0.15, -0.1) is 0 Å². The number of nitrogens with one attached hydrogen (secondary N) is 1. The number of benzene rings is 1. The highest BCUT2D eigenvalue weighted by Gasteiger charge is 1.93. The van der Waals surface area contributed by atoms with Gasteiger partial charge in [0.15, 0.2) is 0 Å². The number of carbonyl (C=O) groups is 1. The summed E-state index contributed by atoms with van der Waals surface area (Å²) in [7, 11) is 0. The number of hydrogen-bond acceptors (Lipinski definition) is 2. The molecular weight excluding hydrogens is 178 g/mol. The van der Waals surface area contributed by atoms with Crippen LogP contribution < -0.4 is 10.1 Å². The summed E-state index contributed by atoms with van der Waals surface area (Å²) in [6.45, 7) is 3.23. The maximum Gasteiger partial charge on any atom is 0.221 e. The number of hydrogen-bond donors (Lipinski definition) is 1. The second kappa shape index (κ2) is 5.07. The van der Waals surface area contributed by atoms with Gasteiger partial charge in [0.1, 0.15) is 12.0 Å². The first-order valence-corrected chi connectivity index (χ1v) is 4.34. The molecule has 0 unspecified atom stereocenters. The van der Waals surface area contributed by atoms with Gasteiger partial charge in [-0.2, -0.15) is 0 Å². The number of carbonyl (C=O) groups excluding carboxylic acids is 1. The van der Waals surface area contributed by atoms with Gasteiger partial charge in [0.05, 0.1) is 0 Å². The molecule has 1 amide bonds. The van der Waals surface area contributed by atoms with E-state index in [0.29, 0.717) is 5.70 Å². The summed E-state index contributed by atoms with van der Waals surface area (Å²) in [6.07, 6.45) is 1.51. The Labute approximate surface area is 83.4 Å².